The molecule has 1 rings (SSSR count). The van der Waals surface area contributed by atoms with Crippen molar-refractivity contribution in [1.29, 1.82) is 0 Å². The molecule has 5 nitrogen and oxygen atoms in total. The highest BCUT2D eigenvalue weighted by atomic mass is 32.2. The zero-order valence-corrected chi connectivity index (χ0v) is 13.0. The molecule has 0 saturated heterocycles. The molecule has 1 aromatic rings. The van der Waals surface area contributed by atoms with Crippen LogP contribution in [0, 0.1) is 6.92 Å². The molecule has 0 bridgehead atoms. The van der Waals surface area contributed by atoms with Gasteiger partial charge in [0.15, 0.2) is 0 Å². The molecule has 2 N–H and O–H groups in total. The highest BCUT2D eigenvalue weighted by Crippen LogP contribution is 2.14. The SMILES string of the molecule is Cc1nc(CSCC(=O)NC(CCS)C(=O)O)cs1. The number of hydrogen-bond acceptors (Lipinski definition) is 6. The normalized spacial score (nSPS) is 12.1. The van der Waals surface area contributed by atoms with Crippen LogP contribution in [0.15, 0.2) is 5.38 Å². The van der Waals surface area contributed by atoms with E-state index in [0.717, 1.165) is 10.7 Å². The van der Waals surface area contributed by atoms with Gasteiger partial charge < -0.3 is 10.4 Å². The van der Waals surface area contributed by atoms with Crippen LogP contribution in [0.25, 0.3) is 0 Å². The molecule has 8 heteroatoms. The molecule has 0 aliphatic carbocycles. The van der Waals surface area contributed by atoms with Crippen molar-refractivity contribution >= 4 is 47.6 Å². The number of carboxylic acid groups (broad SMARTS) is 1. The molecular weight excluding hydrogens is 304 g/mol. The smallest absolute Gasteiger partial charge is 0.326 e. The lowest BCUT2D eigenvalue weighted by atomic mass is 10.2. The van der Waals surface area contributed by atoms with E-state index in [0.29, 0.717) is 17.9 Å². The number of aryl methyl sites for hydroxylation is 1. The molecule has 1 heterocycles. The molecule has 0 spiro atoms. The van der Waals surface area contributed by atoms with Gasteiger partial charge in [0, 0.05) is 11.1 Å². The Morgan fingerprint density at radius 1 is 1.63 bits per heavy atom. The zero-order chi connectivity index (χ0) is 14.3. The van der Waals surface area contributed by atoms with E-state index in [1.807, 2.05) is 12.3 Å². The Morgan fingerprint density at radius 3 is 2.89 bits per heavy atom. The molecule has 1 atom stereocenters. The number of hydrogen-bond donors (Lipinski definition) is 3. The van der Waals surface area contributed by atoms with E-state index in [1.54, 1.807) is 11.3 Å². The van der Waals surface area contributed by atoms with Crippen LogP contribution in [-0.2, 0) is 15.3 Å². The Bertz CT molecular complexity index is 437. The second kappa shape index (κ2) is 8.44. The number of nitrogens with one attached hydrogen (secondary N) is 1. The fourth-order valence-corrected chi connectivity index (χ4v) is 3.05. The van der Waals surface area contributed by atoms with Crippen molar-refractivity contribution in [1.82, 2.24) is 10.3 Å². The summed E-state index contributed by atoms with van der Waals surface area (Å²) in [6, 6.07) is -0.855. The number of nitrogens with zero attached hydrogens (tertiary/aromatic N) is 1. The Kier molecular flexibility index (Phi) is 7.25. The highest BCUT2D eigenvalue weighted by molar-refractivity contribution is 7.99. The van der Waals surface area contributed by atoms with Crippen LogP contribution in [0.4, 0.5) is 0 Å². The molecule has 1 aromatic heterocycles. The Labute approximate surface area is 125 Å². The lowest BCUT2D eigenvalue weighted by Crippen LogP contribution is -2.41. The van der Waals surface area contributed by atoms with Gasteiger partial charge in [0.1, 0.15) is 6.04 Å². The summed E-state index contributed by atoms with van der Waals surface area (Å²) in [6.45, 7) is 1.93. The lowest BCUT2D eigenvalue weighted by Gasteiger charge is -2.12. The summed E-state index contributed by atoms with van der Waals surface area (Å²) in [5.41, 5.74) is 0.949. The Balaban J connectivity index is 2.28. The number of rotatable bonds is 8. The number of aromatic nitrogens is 1. The minimum atomic E-state index is -1.03. The highest BCUT2D eigenvalue weighted by Gasteiger charge is 2.18. The van der Waals surface area contributed by atoms with Crippen molar-refractivity contribution in [2.45, 2.75) is 25.1 Å². The fraction of sp³-hybridized carbons (Fsp3) is 0.545. The summed E-state index contributed by atoms with van der Waals surface area (Å²) in [6.07, 6.45) is 0.320. The quantitative estimate of drug-likeness (QED) is 0.634. The molecule has 0 aliphatic heterocycles. The van der Waals surface area contributed by atoms with Crippen molar-refractivity contribution in [3.8, 4) is 0 Å². The van der Waals surface area contributed by atoms with E-state index < -0.39 is 12.0 Å². The van der Waals surface area contributed by atoms with E-state index in [9.17, 15) is 9.59 Å². The molecule has 0 aliphatic rings. The number of carbonyl (C=O) groups is 2. The van der Waals surface area contributed by atoms with Crippen LogP contribution >= 0.6 is 35.7 Å². The van der Waals surface area contributed by atoms with Crippen LogP contribution in [0.2, 0.25) is 0 Å². The molecule has 0 aromatic carbocycles. The predicted molar refractivity (Wildman–Crippen MR) is 81.0 cm³/mol. The van der Waals surface area contributed by atoms with E-state index >= 15 is 0 Å². The third-order valence-corrected chi connectivity index (χ3v) is 4.25. The minimum absolute atomic E-state index is 0.229. The summed E-state index contributed by atoms with van der Waals surface area (Å²) >= 11 is 6.96. The van der Waals surface area contributed by atoms with Crippen molar-refractivity contribution < 1.29 is 14.7 Å². The van der Waals surface area contributed by atoms with Gasteiger partial charge in [-0.1, -0.05) is 0 Å². The molecule has 0 radical (unpaired) electrons. The van der Waals surface area contributed by atoms with Crippen molar-refractivity contribution in [2.24, 2.45) is 0 Å². The van der Waals surface area contributed by atoms with E-state index in [-0.39, 0.29) is 11.7 Å². The van der Waals surface area contributed by atoms with Gasteiger partial charge in [0.05, 0.1) is 16.5 Å². The third-order valence-electron chi connectivity index (χ3n) is 2.20. The van der Waals surface area contributed by atoms with Gasteiger partial charge in [0.25, 0.3) is 0 Å². The zero-order valence-electron chi connectivity index (χ0n) is 10.5. The average Bonchev–Trinajstić information content (AvgIpc) is 2.74. The first kappa shape index (κ1) is 16.3. The van der Waals surface area contributed by atoms with Gasteiger partial charge in [-0.15, -0.1) is 23.1 Å². The number of thioether (sulfide) groups is 1. The summed E-state index contributed by atoms with van der Waals surface area (Å²) in [5.74, 6) is 0.00552. The first-order valence-electron chi connectivity index (χ1n) is 5.64. The minimum Gasteiger partial charge on any atom is -0.480 e. The second-order valence-corrected chi connectivity index (χ2v) is 6.32. The van der Waals surface area contributed by atoms with E-state index in [4.69, 9.17) is 5.11 Å². The van der Waals surface area contributed by atoms with E-state index in [2.05, 4.69) is 22.9 Å². The lowest BCUT2D eigenvalue weighted by molar-refractivity contribution is -0.141. The summed E-state index contributed by atoms with van der Waals surface area (Å²) in [7, 11) is 0. The topological polar surface area (TPSA) is 79.3 Å². The monoisotopic (exact) mass is 320 g/mol. The maximum Gasteiger partial charge on any atom is 0.326 e. The molecule has 0 fully saturated rings. The number of thiazole rings is 1. The van der Waals surface area contributed by atoms with Crippen LogP contribution < -0.4 is 5.32 Å². The molecule has 0 saturated carbocycles. The molecule has 1 amide bonds. The largest absolute Gasteiger partial charge is 0.480 e. The number of amides is 1. The van der Waals surface area contributed by atoms with Crippen LogP contribution in [0.1, 0.15) is 17.1 Å². The Morgan fingerprint density at radius 2 is 2.37 bits per heavy atom. The van der Waals surface area contributed by atoms with Gasteiger partial charge >= 0.3 is 5.97 Å². The Hall–Kier alpha value is -0.730. The maximum atomic E-state index is 11.6. The average molecular weight is 320 g/mol. The van der Waals surface area contributed by atoms with Crippen LogP contribution in [-0.4, -0.2) is 39.5 Å². The summed E-state index contributed by atoms with van der Waals surface area (Å²) in [5, 5.41) is 14.3. The molecule has 19 heavy (non-hydrogen) atoms. The van der Waals surface area contributed by atoms with Crippen molar-refractivity contribution in [2.75, 3.05) is 11.5 Å². The summed E-state index contributed by atoms with van der Waals surface area (Å²) < 4.78 is 0. The third kappa shape index (κ3) is 6.31. The standard InChI is InChI=1S/C11H16N2O3S3/c1-7-12-8(5-19-7)4-18-6-10(14)13-9(2-3-17)11(15)16/h5,9,17H,2-4,6H2,1H3,(H,13,14)(H,15,16). The first-order valence-corrected chi connectivity index (χ1v) is 8.31. The van der Waals surface area contributed by atoms with Gasteiger partial charge in [-0.2, -0.15) is 12.6 Å². The van der Waals surface area contributed by atoms with Gasteiger partial charge in [-0.25, -0.2) is 9.78 Å². The first-order chi connectivity index (χ1) is 9.02. The van der Waals surface area contributed by atoms with Crippen LogP contribution in [0.5, 0.6) is 0 Å². The molecular formula is C11H16N2O3S3. The van der Waals surface area contributed by atoms with Crippen LogP contribution in [0.3, 0.4) is 0 Å². The molecule has 1 unspecified atom stereocenters. The van der Waals surface area contributed by atoms with Gasteiger partial charge in [0.2, 0.25) is 5.91 Å². The van der Waals surface area contributed by atoms with Crippen molar-refractivity contribution in [3.05, 3.63) is 16.1 Å². The number of carbonyl (C=O) groups excluding carboxylic acids is 1. The summed E-state index contributed by atoms with van der Waals surface area (Å²) in [4.78, 5) is 26.7. The number of thiol groups is 1. The second-order valence-electron chi connectivity index (χ2n) is 3.82. The van der Waals surface area contributed by atoms with Gasteiger partial charge in [-0.3, -0.25) is 4.79 Å². The fourth-order valence-electron chi connectivity index (χ4n) is 1.35. The van der Waals surface area contributed by atoms with Crippen molar-refractivity contribution in [3.63, 3.8) is 0 Å². The van der Waals surface area contributed by atoms with E-state index in [1.165, 1.54) is 11.8 Å². The predicted octanol–water partition coefficient (Wildman–Crippen LogP) is 1.57. The van der Waals surface area contributed by atoms with Gasteiger partial charge in [-0.05, 0) is 19.1 Å². The number of aliphatic carboxylic acids is 1. The number of carboxylic acids is 1. The molecule has 106 valence electrons. The maximum absolute atomic E-state index is 11.6.